The molecule has 0 bridgehead atoms. The summed E-state index contributed by atoms with van der Waals surface area (Å²) < 4.78 is 0. The Bertz CT molecular complexity index is 675. The first-order chi connectivity index (χ1) is 11.8. The van der Waals surface area contributed by atoms with Crippen molar-refractivity contribution in [1.82, 2.24) is 4.90 Å². The molecule has 2 rings (SSSR count). The van der Waals surface area contributed by atoms with Gasteiger partial charge < -0.3 is 15.3 Å². The number of rotatable bonds is 5. The van der Waals surface area contributed by atoms with Gasteiger partial charge in [0.15, 0.2) is 0 Å². The number of carbonyl (C=O) groups excluding carboxylic acids is 2. The summed E-state index contributed by atoms with van der Waals surface area (Å²) in [4.78, 5) is 37.5. The summed E-state index contributed by atoms with van der Waals surface area (Å²) in [5.74, 6) is -1.35. The van der Waals surface area contributed by atoms with E-state index in [-0.39, 0.29) is 22.4 Å². The second-order valence-corrected chi connectivity index (χ2v) is 7.10. The fourth-order valence-electron chi connectivity index (χ4n) is 2.94. The molecule has 1 fully saturated rings. The minimum absolute atomic E-state index is 0.142. The average molecular weight is 367 g/mol. The van der Waals surface area contributed by atoms with Gasteiger partial charge in [-0.3, -0.25) is 9.59 Å². The van der Waals surface area contributed by atoms with Crippen LogP contribution in [0.3, 0.4) is 0 Å². The Hall–Kier alpha value is -2.08. The highest BCUT2D eigenvalue weighted by Gasteiger charge is 2.33. The van der Waals surface area contributed by atoms with Gasteiger partial charge in [-0.25, -0.2) is 4.79 Å². The summed E-state index contributed by atoms with van der Waals surface area (Å²) in [7, 11) is 0. The monoisotopic (exact) mass is 366 g/mol. The Morgan fingerprint density at radius 3 is 2.68 bits per heavy atom. The number of nitrogens with zero attached hydrogens (tertiary/aromatic N) is 1. The minimum atomic E-state index is -1.01. The number of likely N-dealkylation sites (tertiary alicyclic amines) is 1. The van der Waals surface area contributed by atoms with Crippen molar-refractivity contribution >= 4 is 35.1 Å². The molecule has 25 heavy (non-hydrogen) atoms. The predicted octanol–water partition coefficient (Wildman–Crippen LogP) is 3.40. The third kappa shape index (κ3) is 4.95. The Balaban J connectivity index is 2.22. The van der Waals surface area contributed by atoms with Gasteiger partial charge in [-0.2, -0.15) is 0 Å². The molecule has 1 unspecified atom stereocenters. The van der Waals surface area contributed by atoms with E-state index in [1.165, 1.54) is 11.0 Å². The van der Waals surface area contributed by atoms with Crippen molar-refractivity contribution < 1.29 is 19.5 Å². The summed E-state index contributed by atoms with van der Waals surface area (Å²) in [5, 5.41) is 12.3. The number of anilines is 1. The van der Waals surface area contributed by atoms with Crippen LogP contribution < -0.4 is 5.32 Å². The van der Waals surface area contributed by atoms with E-state index in [1.807, 2.05) is 13.8 Å². The van der Waals surface area contributed by atoms with Gasteiger partial charge >= 0.3 is 5.97 Å². The molecule has 1 aliphatic heterocycles. The van der Waals surface area contributed by atoms with E-state index in [4.69, 9.17) is 11.6 Å². The highest BCUT2D eigenvalue weighted by molar-refractivity contribution is 6.34. The van der Waals surface area contributed by atoms with Crippen LogP contribution in [0.2, 0.25) is 5.02 Å². The van der Waals surface area contributed by atoms with Crippen LogP contribution in [-0.2, 0) is 9.59 Å². The molecule has 1 atom stereocenters. The van der Waals surface area contributed by atoms with Crippen molar-refractivity contribution in [2.24, 2.45) is 5.92 Å². The number of piperidine rings is 1. The van der Waals surface area contributed by atoms with Crippen LogP contribution in [0.1, 0.15) is 49.9 Å². The number of carboxylic acids is 1. The molecule has 2 N–H and O–H groups in total. The fraction of sp³-hybridized carbons (Fsp3) is 0.500. The van der Waals surface area contributed by atoms with E-state index in [0.29, 0.717) is 25.1 Å². The van der Waals surface area contributed by atoms with Crippen LogP contribution in [0.4, 0.5) is 5.69 Å². The summed E-state index contributed by atoms with van der Waals surface area (Å²) in [5.41, 5.74) is 0.680. The van der Waals surface area contributed by atoms with Crippen LogP contribution >= 0.6 is 11.6 Å². The molecular formula is C18H23ClN2O4. The fourth-order valence-corrected chi connectivity index (χ4v) is 3.13. The smallest absolute Gasteiger partial charge is 0.326 e. The zero-order chi connectivity index (χ0) is 18.6. The number of nitrogens with one attached hydrogen (secondary N) is 1. The normalized spacial score (nSPS) is 17.4. The highest BCUT2D eigenvalue weighted by atomic mass is 35.5. The van der Waals surface area contributed by atoms with E-state index >= 15 is 0 Å². The third-order valence-corrected chi connectivity index (χ3v) is 4.45. The van der Waals surface area contributed by atoms with E-state index in [2.05, 4.69) is 5.32 Å². The Morgan fingerprint density at radius 2 is 2.04 bits per heavy atom. The van der Waals surface area contributed by atoms with Gasteiger partial charge in [-0.05, 0) is 43.4 Å². The van der Waals surface area contributed by atoms with Gasteiger partial charge in [0.25, 0.3) is 5.91 Å². The van der Waals surface area contributed by atoms with E-state index < -0.39 is 17.9 Å². The summed E-state index contributed by atoms with van der Waals surface area (Å²) >= 11 is 6.15. The van der Waals surface area contributed by atoms with Crippen molar-refractivity contribution in [1.29, 1.82) is 0 Å². The minimum Gasteiger partial charge on any atom is -0.480 e. The molecule has 7 heteroatoms. The van der Waals surface area contributed by atoms with Crippen molar-refractivity contribution in [3.8, 4) is 0 Å². The van der Waals surface area contributed by atoms with Crippen LogP contribution in [0.15, 0.2) is 18.2 Å². The zero-order valence-electron chi connectivity index (χ0n) is 14.4. The lowest BCUT2D eigenvalue weighted by Crippen LogP contribution is -2.48. The standard InChI is InChI=1S/C18H23ClN2O4/c1-11(2)9-16(22)20-12-6-7-14(19)13(10-12)17(23)21-8-4-3-5-15(21)18(24)25/h6-7,10-11,15H,3-5,8-9H2,1-2H3,(H,20,22)(H,24,25). The van der Waals surface area contributed by atoms with Crippen LogP contribution in [0.25, 0.3) is 0 Å². The third-order valence-electron chi connectivity index (χ3n) is 4.12. The van der Waals surface area contributed by atoms with Crippen LogP contribution in [0, 0.1) is 5.92 Å². The molecule has 0 radical (unpaired) electrons. The van der Waals surface area contributed by atoms with Gasteiger partial charge in [0.05, 0.1) is 10.6 Å². The Labute approximate surface area is 152 Å². The molecule has 0 aromatic heterocycles. The van der Waals surface area contributed by atoms with Crippen molar-refractivity contribution in [2.75, 3.05) is 11.9 Å². The largest absolute Gasteiger partial charge is 0.480 e. The molecule has 6 nitrogen and oxygen atoms in total. The predicted molar refractivity (Wildman–Crippen MR) is 95.8 cm³/mol. The Morgan fingerprint density at radius 1 is 1.32 bits per heavy atom. The van der Waals surface area contributed by atoms with Crippen LogP contribution in [-0.4, -0.2) is 40.4 Å². The number of amides is 2. The van der Waals surface area contributed by atoms with Gasteiger partial charge in [-0.1, -0.05) is 25.4 Å². The average Bonchev–Trinajstić information content (AvgIpc) is 2.55. The maximum Gasteiger partial charge on any atom is 0.326 e. The molecule has 1 aliphatic rings. The summed E-state index contributed by atoms with van der Waals surface area (Å²) in [6.45, 7) is 4.27. The molecule has 0 spiro atoms. The zero-order valence-corrected chi connectivity index (χ0v) is 15.2. The maximum atomic E-state index is 12.8. The SMILES string of the molecule is CC(C)CC(=O)Nc1ccc(Cl)c(C(=O)N2CCCCC2C(=O)O)c1. The molecule has 136 valence electrons. The van der Waals surface area contributed by atoms with Gasteiger partial charge in [0.1, 0.15) is 6.04 Å². The lowest BCUT2D eigenvalue weighted by atomic mass is 10.0. The van der Waals surface area contributed by atoms with Crippen molar-refractivity contribution in [3.05, 3.63) is 28.8 Å². The van der Waals surface area contributed by atoms with E-state index in [1.54, 1.807) is 12.1 Å². The molecule has 2 amide bonds. The molecule has 0 saturated carbocycles. The maximum absolute atomic E-state index is 12.8. The summed E-state index contributed by atoms with van der Waals surface area (Å²) in [6, 6.07) is 3.84. The molecule has 1 saturated heterocycles. The van der Waals surface area contributed by atoms with Crippen LogP contribution in [0.5, 0.6) is 0 Å². The first-order valence-corrected chi connectivity index (χ1v) is 8.80. The first kappa shape index (κ1) is 19.2. The lowest BCUT2D eigenvalue weighted by molar-refractivity contribution is -0.143. The lowest BCUT2D eigenvalue weighted by Gasteiger charge is -2.33. The highest BCUT2D eigenvalue weighted by Crippen LogP contribution is 2.26. The molecule has 1 heterocycles. The number of carboxylic acid groups (broad SMARTS) is 1. The topological polar surface area (TPSA) is 86.7 Å². The molecule has 0 aliphatic carbocycles. The molecular weight excluding hydrogens is 344 g/mol. The number of benzene rings is 1. The second-order valence-electron chi connectivity index (χ2n) is 6.69. The Kier molecular flexibility index (Phi) is 6.42. The van der Waals surface area contributed by atoms with Gasteiger partial charge in [0.2, 0.25) is 5.91 Å². The van der Waals surface area contributed by atoms with Crippen molar-refractivity contribution in [2.45, 2.75) is 45.6 Å². The van der Waals surface area contributed by atoms with Gasteiger partial charge in [0, 0.05) is 18.7 Å². The van der Waals surface area contributed by atoms with E-state index in [0.717, 1.165) is 12.8 Å². The number of halogens is 1. The number of hydrogen-bond acceptors (Lipinski definition) is 3. The van der Waals surface area contributed by atoms with E-state index in [9.17, 15) is 19.5 Å². The molecule has 1 aromatic carbocycles. The summed E-state index contributed by atoms with van der Waals surface area (Å²) in [6.07, 6.45) is 2.35. The van der Waals surface area contributed by atoms with Gasteiger partial charge in [-0.15, -0.1) is 0 Å². The number of carbonyl (C=O) groups is 3. The number of aliphatic carboxylic acids is 1. The molecule has 1 aromatic rings. The van der Waals surface area contributed by atoms with Crippen molar-refractivity contribution in [3.63, 3.8) is 0 Å². The number of hydrogen-bond donors (Lipinski definition) is 2. The second kappa shape index (κ2) is 8.34. The quantitative estimate of drug-likeness (QED) is 0.836. The first-order valence-electron chi connectivity index (χ1n) is 8.42.